The zero-order valence-corrected chi connectivity index (χ0v) is 19.3. The first kappa shape index (κ1) is 23.2. The Balaban J connectivity index is 1.50. The van der Waals surface area contributed by atoms with Crippen molar-refractivity contribution in [2.75, 3.05) is 18.5 Å². The molecule has 1 heterocycles. The number of amides is 2. The minimum Gasteiger partial charge on any atom is -0.452 e. The molecular formula is C23H23BrN4O4. The van der Waals surface area contributed by atoms with Gasteiger partial charge in [-0.15, -0.1) is 0 Å². The van der Waals surface area contributed by atoms with E-state index in [-0.39, 0.29) is 6.54 Å². The second-order valence-electron chi connectivity index (χ2n) is 7.07. The Morgan fingerprint density at radius 1 is 1.00 bits per heavy atom. The third-order valence-electron chi connectivity index (χ3n) is 4.69. The van der Waals surface area contributed by atoms with Crippen LogP contribution in [-0.2, 0) is 20.9 Å². The van der Waals surface area contributed by atoms with Gasteiger partial charge in [-0.1, -0.05) is 42.5 Å². The van der Waals surface area contributed by atoms with Crippen LogP contribution in [0.1, 0.15) is 27.3 Å². The van der Waals surface area contributed by atoms with E-state index in [9.17, 15) is 14.4 Å². The molecule has 2 N–H and O–H groups in total. The van der Waals surface area contributed by atoms with Gasteiger partial charge >= 0.3 is 5.97 Å². The number of nitrogens with zero attached hydrogens (tertiary/aromatic N) is 2. The van der Waals surface area contributed by atoms with Crippen LogP contribution in [-0.4, -0.2) is 40.7 Å². The summed E-state index contributed by atoms with van der Waals surface area (Å²) in [7, 11) is 0. The van der Waals surface area contributed by atoms with Gasteiger partial charge < -0.3 is 15.4 Å². The van der Waals surface area contributed by atoms with Crippen molar-refractivity contribution in [3.63, 3.8) is 0 Å². The summed E-state index contributed by atoms with van der Waals surface area (Å²) in [4.78, 5) is 36.6. The first-order valence-electron chi connectivity index (χ1n) is 9.91. The summed E-state index contributed by atoms with van der Waals surface area (Å²) in [5, 5.41) is 9.52. The molecule has 3 rings (SSSR count). The molecule has 1 aromatic heterocycles. The first-order chi connectivity index (χ1) is 15.3. The Kier molecular flexibility index (Phi) is 7.77. The second-order valence-corrected chi connectivity index (χ2v) is 7.92. The number of benzene rings is 2. The molecule has 2 aromatic carbocycles. The Morgan fingerprint density at radius 3 is 2.41 bits per heavy atom. The molecule has 0 unspecified atom stereocenters. The van der Waals surface area contributed by atoms with Crippen LogP contribution in [0.4, 0.5) is 5.69 Å². The molecule has 9 heteroatoms. The van der Waals surface area contributed by atoms with Crippen LogP contribution in [0.2, 0.25) is 0 Å². The number of aromatic nitrogens is 2. The number of halogens is 1. The first-order valence-corrected chi connectivity index (χ1v) is 10.7. The van der Waals surface area contributed by atoms with Crippen molar-refractivity contribution >= 4 is 39.4 Å². The molecule has 0 aliphatic carbocycles. The van der Waals surface area contributed by atoms with E-state index in [1.165, 1.54) is 0 Å². The molecule has 0 bridgehead atoms. The van der Waals surface area contributed by atoms with Crippen molar-refractivity contribution in [1.82, 2.24) is 15.1 Å². The van der Waals surface area contributed by atoms with E-state index in [0.29, 0.717) is 29.2 Å². The van der Waals surface area contributed by atoms with Crippen molar-refractivity contribution in [2.24, 2.45) is 0 Å². The number of carbonyl (C=O) groups excluding carboxylic acids is 3. The van der Waals surface area contributed by atoms with Crippen LogP contribution in [0.15, 0.2) is 59.1 Å². The van der Waals surface area contributed by atoms with Crippen LogP contribution < -0.4 is 10.6 Å². The number of rotatable bonds is 8. The predicted octanol–water partition coefficient (Wildman–Crippen LogP) is 3.22. The summed E-state index contributed by atoms with van der Waals surface area (Å²) in [6.07, 6.45) is 0. The van der Waals surface area contributed by atoms with Crippen molar-refractivity contribution in [1.29, 1.82) is 0 Å². The van der Waals surface area contributed by atoms with E-state index >= 15 is 0 Å². The molecule has 166 valence electrons. The highest BCUT2D eigenvalue weighted by Gasteiger charge is 2.21. The van der Waals surface area contributed by atoms with Gasteiger partial charge in [0.05, 0.1) is 30.2 Å². The van der Waals surface area contributed by atoms with Crippen LogP contribution in [0, 0.1) is 13.8 Å². The van der Waals surface area contributed by atoms with Crippen LogP contribution in [0.5, 0.6) is 0 Å². The number of ether oxygens (including phenoxy) is 1. The van der Waals surface area contributed by atoms with Crippen LogP contribution in [0.3, 0.4) is 0 Å². The van der Waals surface area contributed by atoms with E-state index in [0.717, 1.165) is 10.0 Å². The van der Waals surface area contributed by atoms with Gasteiger partial charge in [-0.25, -0.2) is 4.79 Å². The molecule has 0 radical (unpaired) electrons. The second kappa shape index (κ2) is 10.7. The summed E-state index contributed by atoms with van der Waals surface area (Å²) < 4.78 is 7.60. The lowest BCUT2D eigenvalue weighted by atomic mass is 10.2. The van der Waals surface area contributed by atoms with E-state index in [4.69, 9.17) is 4.74 Å². The molecule has 0 aliphatic rings. The lowest BCUT2D eigenvalue weighted by molar-refractivity contribution is -0.126. The highest BCUT2D eigenvalue weighted by atomic mass is 79.9. The highest BCUT2D eigenvalue weighted by molar-refractivity contribution is 9.10. The summed E-state index contributed by atoms with van der Waals surface area (Å²) in [6, 6.07) is 16.9. The maximum absolute atomic E-state index is 12.5. The average molecular weight is 499 g/mol. The fraction of sp³-hybridized carbons (Fsp3) is 0.217. The van der Waals surface area contributed by atoms with Crippen molar-refractivity contribution in [2.45, 2.75) is 20.4 Å². The molecule has 8 nitrogen and oxygen atoms in total. The van der Waals surface area contributed by atoms with Gasteiger partial charge in [0, 0.05) is 4.47 Å². The smallest absolute Gasteiger partial charge is 0.342 e. The quantitative estimate of drug-likeness (QED) is 0.464. The van der Waals surface area contributed by atoms with Gasteiger partial charge in [-0.3, -0.25) is 14.3 Å². The minimum atomic E-state index is -0.632. The van der Waals surface area contributed by atoms with Gasteiger partial charge in [0.1, 0.15) is 5.56 Å². The SMILES string of the molecule is Cc1nn(Cc2ccccc2)c(C)c1C(=O)OCC(=O)NCC(=O)Nc1ccccc1Br. The number of esters is 1. The monoisotopic (exact) mass is 498 g/mol. The zero-order valence-electron chi connectivity index (χ0n) is 17.7. The summed E-state index contributed by atoms with van der Waals surface area (Å²) >= 11 is 3.33. The Hall–Kier alpha value is -3.46. The third-order valence-corrected chi connectivity index (χ3v) is 5.38. The van der Waals surface area contributed by atoms with Gasteiger partial charge in [0.15, 0.2) is 6.61 Å². The molecule has 3 aromatic rings. The highest BCUT2D eigenvalue weighted by Crippen LogP contribution is 2.20. The molecule has 0 saturated heterocycles. The van der Waals surface area contributed by atoms with Crippen molar-refractivity contribution < 1.29 is 19.1 Å². The minimum absolute atomic E-state index is 0.245. The summed E-state index contributed by atoms with van der Waals surface area (Å²) in [5.41, 5.74) is 3.16. The molecule has 0 saturated carbocycles. The number of para-hydroxylation sites is 1. The van der Waals surface area contributed by atoms with Gasteiger partial charge in [-0.05, 0) is 47.5 Å². The molecule has 0 spiro atoms. The van der Waals surface area contributed by atoms with E-state index < -0.39 is 24.4 Å². The number of anilines is 1. The maximum Gasteiger partial charge on any atom is 0.342 e. The standard InChI is InChI=1S/C23H23BrN4O4/c1-15-22(16(2)28(27-15)13-17-8-4-3-5-9-17)23(31)32-14-21(30)25-12-20(29)26-19-11-7-6-10-18(19)24/h3-11H,12-14H2,1-2H3,(H,25,30)(H,26,29). The fourth-order valence-electron chi connectivity index (χ4n) is 3.09. The number of nitrogens with one attached hydrogen (secondary N) is 2. The van der Waals surface area contributed by atoms with E-state index in [1.54, 1.807) is 36.7 Å². The number of hydrogen-bond donors (Lipinski definition) is 2. The molecule has 2 amide bonds. The van der Waals surface area contributed by atoms with Gasteiger partial charge in [-0.2, -0.15) is 5.10 Å². The molecule has 0 atom stereocenters. The van der Waals surface area contributed by atoms with Crippen LogP contribution in [0.25, 0.3) is 0 Å². The Bertz CT molecular complexity index is 1130. The van der Waals surface area contributed by atoms with Crippen molar-refractivity contribution in [3.05, 3.63) is 81.6 Å². The van der Waals surface area contributed by atoms with Gasteiger partial charge in [0.25, 0.3) is 5.91 Å². The van der Waals surface area contributed by atoms with E-state index in [1.807, 2.05) is 36.4 Å². The number of hydrogen-bond acceptors (Lipinski definition) is 5. The van der Waals surface area contributed by atoms with Gasteiger partial charge in [0.2, 0.25) is 5.91 Å². The van der Waals surface area contributed by atoms with E-state index in [2.05, 4.69) is 31.7 Å². The lowest BCUT2D eigenvalue weighted by Crippen LogP contribution is -2.35. The fourth-order valence-corrected chi connectivity index (χ4v) is 3.48. The number of aryl methyl sites for hydroxylation is 1. The zero-order chi connectivity index (χ0) is 23.1. The molecule has 32 heavy (non-hydrogen) atoms. The molecular weight excluding hydrogens is 476 g/mol. The Morgan fingerprint density at radius 2 is 1.69 bits per heavy atom. The predicted molar refractivity (Wildman–Crippen MR) is 123 cm³/mol. The third kappa shape index (κ3) is 6.04. The Labute approximate surface area is 194 Å². The normalized spacial score (nSPS) is 10.5. The topological polar surface area (TPSA) is 102 Å². The largest absolute Gasteiger partial charge is 0.452 e. The molecule has 0 aliphatic heterocycles. The van der Waals surface area contributed by atoms with Crippen molar-refractivity contribution in [3.8, 4) is 0 Å². The lowest BCUT2D eigenvalue weighted by Gasteiger charge is -2.09. The van der Waals surface area contributed by atoms with Crippen LogP contribution >= 0.6 is 15.9 Å². The average Bonchev–Trinajstić information content (AvgIpc) is 3.05. The summed E-state index contributed by atoms with van der Waals surface area (Å²) in [6.45, 7) is 3.28. The summed E-state index contributed by atoms with van der Waals surface area (Å²) in [5.74, 6) is -1.61. The molecule has 0 fully saturated rings. The maximum atomic E-state index is 12.5. The number of carbonyl (C=O) groups is 3.